The Labute approximate surface area is 112 Å². The number of likely N-dealkylation sites (N-methyl/N-ethyl adjacent to an activating group) is 1. The summed E-state index contributed by atoms with van der Waals surface area (Å²) in [5, 5.41) is 1.02. The van der Waals surface area contributed by atoms with Crippen molar-refractivity contribution in [1.82, 2.24) is 4.37 Å². The van der Waals surface area contributed by atoms with Crippen LogP contribution in [0, 0.1) is 0 Å². The van der Waals surface area contributed by atoms with Crippen LogP contribution in [0.15, 0.2) is 0 Å². The van der Waals surface area contributed by atoms with Crippen molar-refractivity contribution in [2.75, 3.05) is 36.9 Å². The number of hydrogen-bond acceptors (Lipinski definition) is 6. The Balaban J connectivity index is 2.10. The second kappa shape index (κ2) is 6.24. The first-order chi connectivity index (χ1) is 8.76. The Morgan fingerprint density at radius 3 is 3.00 bits per heavy atom. The van der Waals surface area contributed by atoms with Crippen LogP contribution in [0.1, 0.15) is 26.7 Å². The Morgan fingerprint density at radius 1 is 1.56 bits per heavy atom. The van der Waals surface area contributed by atoms with E-state index in [1.165, 1.54) is 11.5 Å². The minimum atomic E-state index is 0.322. The van der Waals surface area contributed by atoms with E-state index in [4.69, 9.17) is 15.2 Å². The second-order valence-electron chi connectivity index (χ2n) is 4.31. The lowest BCUT2D eigenvalue weighted by Crippen LogP contribution is -2.31. The van der Waals surface area contributed by atoms with Gasteiger partial charge < -0.3 is 20.1 Å². The van der Waals surface area contributed by atoms with E-state index in [0.29, 0.717) is 18.5 Å². The predicted octanol–water partition coefficient (Wildman–Crippen LogP) is 2.13. The van der Waals surface area contributed by atoms with Crippen molar-refractivity contribution in [3.63, 3.8) is 0 Å². The molecule has 0 aliphatic carbocycles. The summed E-state index contributed by atoms with van der Waals surface area (Å²) < 4.78 is 15.5. The molecule has 1 aliphatic heterocycles. The molecule has 0 amide bonds. The number of nitrogens with zero attached hydrogens (tertiary/aromatic N) is 2. The highest BCUT2D eigenvalue weighted by molar-refractivity contribution is 7.11. The number of anilines is 2. The van der Waals surface area contributed by atoms with Gasteiger partial charge in [0.05, 0.1) is 12.7 Å². The van der Waals surface area contributed by atoms with E-state index >= 15 is 0 Å². The minimum absolute atomic E-state index is 0.322. The molecule has 2 N–H and O–H groups in total. The normalized spacial score (nSPS) is 19.1. The third-order valence-electron chi connectivity index (χ3n) is 3.06. The first-order valence-corrected chi connectivity index (χ1v) is 7.28. The number of hydrogen-bond donors (Lipinski definition) is 1. The predicted molar refractivity (Wildman–Crippen MR) is 74.6 cm³/mol. The highest BCUT2D eigenvalue weighted by Gasteiger charge is 2.23. The first kappa shape index (κ1) is 13.4. The Kier molecular flexibility index (Phi) is 4.66. The fourth-order valence-corrected chi connectivity index (χ4v) is 2.99. The number of rotatable bonds is 6. The van der Waals surface area contributed by atoms with E-state index in [-0.39, 0.29) is 0 Å². The monoisotopic (exact) mass is 271 g/mol. The van der Waals surface area contributed by atoms with Crippen molar-refractivity contribution in [1.29, 1.82) is 0 Å². The smallest absolute Gasteiger partial charge is 0.197 e. The van der Waals surface area contributed by atoms with Crippen LogP contribution >= 0.6 is 11.5 Å². The van der Waals surface area contributed by atoms with Crippen LogP contribution in [0.3, 0.4) is 0 Å². The molecular weight excluding hydrogens is 250 g/mol. The number of ether oxygens (including phenoxy) is 2. The van der Waals surface area contributed by atoms with Crippen LogP contribution in [0.4, 0.5) is 10.8 Å². The maximum atomic E-state index is 5.84. The summed E-state index contributed by atoms with van der Waals surface area (Å²) in [6.07, 6.45) is 2.61. The average Bonchev–Trinajstić information content (AvgIpc) is 2.99. The molecule has 1 unspecified atom stereocenters. The Hall–Kier alpha value is -1.01. The lowest BCUT2D eigenvalue weighted by atomic mass is 10.2. The van der Waals surface area contributed by atoms with E-state index in [1.54, 1.807) is 0 Å². The second-order valence-corrected chi connectivity index (χ2v) is 5.06. The van der Waals surface area contributed by atoms with Crippen LogP contribution in [-0.2, 0) is 4.74 Å². The van der Waals surface area contributed by atoms with Crippen LogP contribution < -0.4 is 15.4 Å². The zero-order valence-electron chi connectivity index (χ0n) is 11.0. The zero-order valence-corrected chi connectivity index (χ0v) is 11.8. The topological polar surface area (TPSA) is 60.6 Å². The van der Waals surface area contributed by atoms with Crippen molar-refractivity contribution >= 4 is 22.4 Å². The van der Waals surface area contributed by atoms with Gasteiger partial charge in [-0.05, 0) is 38.2 Å². The van der Waals surface area contributed by atoms with Gasteiger partial charge in [-0.3, -0.25) is 0 Å². The van der Waals surface area contributed by atoms with Gasteiger partial charge in [0.1, 0.15) is 0 Å². The number of nitrogens with two attached hydrogens (primary N) is 1. The molecule has 102 valence electrons. The molecule has 1 atom stereocenters. The third-order valence-corrected chi connectivity index (χ3v) is 3.97. The molecule has 0 aromatic carbocycles. The highest BCUT2D eigenvalue weighted by Crippen LogP contribution is 2.38. The van der Waals surface area contributed by atoms with Gasteiger partial charge in [-0.25, -0.2) is 0 Å². The van der Waals surface area contributed by atoms with E-state index in [0.717, 1.165) is 43.3 Å². The molecule has 18 heavy (non-hydrogen) atoms. The Morgan fingerprint density at radius 2 is 2.39 bits per heavy atom. The lowest BCUT2D eigenvalue weighted by Gasteiger charge is -2.24. The summed E-state index contributed by atoms with van der Waals surface area (Å²) in [6.45, 7) is 7.36. The van der Waals surface area contributed by atoms with Crippen molar-refractivity contribution in [3.05, 3.63) is 0 Å². The van der Waals surface area contributed by atoms with E-state index in [1.807, 2.05) is 6.92 Å². The molecule has 5 nitrogen and oxygen atoms in total. The quantitative estimate of drug-likeness (QED) is 0.859. The summed E-state index contributed by atoms with van der Waals surface area (Å²) in [5.74, 6) is 1.21. The minimum Gasteiger partial charge on any atom is -0.487 e. The molecule has 2 rings (SSSR count). The van der Waals surface area contributed by atoms with Crippen molar-refractivity contribution in [2.24, 2.45) is 0 Å². The summed E-state index contributed by atoms with van der Waals surface area (Å²) in [7, 11) is 0. The van der Waals surface area contributed by atoms with E-state index in [2.05, 4.69) is 16.2 Å². The van der Waals surface area contributed by atoms with Gasteiger partial charge in [0.25, 0.3) is 0 Å². The summed E-state index contributed by atoms with van der Waals surface area (Å²) >= 11 is 1.40. The fourth-order valence-electron chi connectivity index (χ4n) is 2.16. The maximum Gasteiger partial charge on any atom is 0.197 e. The van der Waals surface area contributed by atoms with Gasteiger partial charge in [-0.2, -0.15) is 4.37 Å². The largest absolute Gasteiger partial charge is 0.487 e. The molecule has 2 heterocycles. The Bertz CT molecular complexity index is 377. The first-order valence-electron chi connectivity index (χ1n) is 6.50. The van der Waals surface area contributed by atoms with Gasteiger partial charge in [-0.1, -0.05) is 0 Å². The van der Waals surface area contributed by atoms with Crippen molar-refractivity contribution < 1.29 is 9.47 Å². The van der Waals surface area contributed by atoms with E-state index in [9.17, 15) is 0 Å². The third kappa shape index (κ3) is 2.87. The van der Waals surface area contributed by atoms with Crippen molar-refractivity contribution in [3.8, 4) is 5.75 Å². The average molecular weight is 271 g/mol. The molecule has 0 spiro atoms. The molecule has 0 saturated carbocycles. The highest BCUT2D eigenvalue weighted by atomic mass is 32.1. The van der Waals surface area contributed by atoms with Crippen LogP contribution in [-0.4, -0.2) is 36.8 Å². The molecule has 1 aliphatic rings. The molecule has 0 bridgehead atoms. The van der Waals surface area contributed by atoms with Crippen LogP contribution in [0.25, 0.3) is 0 Å². The molecule has 6 heteroatoms. The molecule has 0 radical (unpaired) electrons. The standard InChI is InChI=1S/C12H21N3O2S/c1-3-15(8-9-6-5-7-17-9)12-10(16-4-2)11(13)14-18-12/h9H,3-8H2,1-2H3,(H2,13,14). The van der Waals surface area contributed by atoms with E-state index < -0.39 is 0 Å². The fraction of sp³-hybridized carbons (Fsp3) is 0.750. The maximum absolute atomic E-state index is 5.84. The summed E-state index contributed by atoms with van der Waals surface area (Å²) in [5.41, 5.74) is 5.84. The van der Waals surface area contributed by atoms with Crippen LogP contribution in [0.2, 0.25) is 0 Å². The van der Waals surface area contributed by atoms with Gasteiger partial charge in [0.2, 0.25) is 0 Å². The van der Waals surface area contributed by atoms with Crippen molar-refractivity contribution in [2.45, 2.75) is 32.8 Å². The molecular formula is C12H21N3O2S. The summed E-state index contributed by atoms with van der Waals surface area (Å²) in [6, 6.07) is 0. The van der Waals surface area contributed by atoms with Crippen LogP contribution in [0.5, 0.6) is 5.75 Å². The SMILES string of the molecule is CCOc1c(N)nsc1N(CC)CC1CCCO1. The molecule has 1 aromatic heterocycles. The summed E-state index contributed by atoms with van der Waals surface area (Å²) in [4.78, 5) is 2.25. The van der Waals surface area contributed by atoms with Gasteiger partial charge in [-0.15, -0.1) is 0 Å². The molecule has 1 saturated heterocycles. The molecule has 1 aromatic rings. The number of aromatic nitrogens is 1. The van der Waals surface area contributed by atoms with Gasteiger partial charge in [0, 0.05) is 19.7 Å². The van der Waals surface area contributed by atoms with Gasteiger partial charge >= 0.3 is 0 Å². The molecule has 1 fully saturated rings. The lowest BCUT2D eigenvalue weighted by molar-refractivity contribution is 0.116. The number of nitrogen functional groups attached to an aromatic ring is 1. The van der Waals surface area contributed by atoms with Gasteiger partial charge in [0.15, 0.2) is 16.6 Å². The zero-order chi connectivity index (χ0) is 13.0.